The van der Waals surface area contributed by atoms with Crippen molar-refractivity contribution >= 4 is 15.7 Å². The predicted molar refractivity (Wildman–Crippen MR) is 76.4 cm³/mol. The summed E-state index contributed by atoms with van der Waals surface area (Å²) in [6.45, 7) is 5.49. The summed E-state index contributed by atoms with van der Waals surface area (Å²) in [6, 6.07) is 3.41. The fourth-order valence-electron chi connectivity index (χ4n) is 1.80. The molecule has 1 unspecified atom stereocenters. The van der Waals surface area contributed by atoms with Crippen molar-refractivity contribution in [2.45, 2.75) is 38.2 Å². The van der Waals surface area contributed by atoms with E-state index in [1.54, 1.807) is 26.0 Å². The van der Waals surface area contributed by atoms with E-state index in [2.05, 4.69) is 0 Å². The number of benzene rings is 1. The van der Waals surface area contributed by atoms with Gasteiger partial charge in [0.15, 0.2) is 0 Å². The Morgan fingerprint density at radius 1 is 1.37 bits per heavy atom. The minimum atomic E-state index is -3.62. The van der Waals surface area contributed by atoms with Gasteiger partial charge in [0.2, 0.25) is 10.0 Å². The lowest BCUT2D eigenvalue weighted by Gasteiger charge is -2.21. The molecule has 5 nitrogen and oxygen atoms in total. The predicted octanol–water partition coefficient (Wildman–Crippen LogP) is 1.28. The van der Waals surface area contributed by atoms with Crippen molar-refractivity contribution in [3.05, 3.63) is 23.3 Å². The molecule has 1 rings (SSSR count). The molecule has 1 aromatic carbocycles. The number of anilines is 1. The van der Waals surface area contributed by atoms with E-state index >= 15 is 0 Å². The van der Waals surface area contributed by atoms with Crippen molar-refractivity contribution in [2.75, 3.05) is 19.3 Å². The third kappa shape index (κ3) is 3.46. The molecular formula is C13H22N2O3S. The van der Waals surface area contributed by atoms with Crippen LogP contribution in [0.15, 0.2) is 17.0 Å². The fourth-order valence-corrected chi connectivity index (χ4v) is 3.37. The molecule has 0 aliphatic rings. The molecule has 0 spiro atoms. The Hall–Kier alpha value is -1.11. The summed E-state index contributed by atoms with van der Waals surface area (Å²) >= 11 is 0. The van der Waals surface area contributed by atoms with Gasteiger partial charge in [0.1, 0.15) is 4.90 Å². The van der Waals surface area contributed by atoms with Gasteiger partial charge < -0.3 is 10.8 Å². The van der Waals surface area contributed by atoms with Crippen molar-refractivity contribution < 1.29 is 13.5 Å². The first-order chi connectivity index (χ1) is 8.67. The summed E-state index contributed by atoms with van der Waals surface area (Å²) in [4.78, 5) is 0.167. The van der Waals surface area contributed by atoms with E-state index in [9.17, 15) is 13.5 Å². The highest BCUT2D eigenvalue weighted by molar-refractivity contribution is 7.89. The lowest BCUT2D eigenvalue weighted by molar-refractivity contribution is 0.177. The standard InChI is InChI=1S/C13H22N2O3S/c1-9-5-6-12(14)13(11(9)3)19(17,18)15(4)8-7-10(2)16/h5-6,10,16H,7-8,14H2,1-4H3. The molecule has 1 aromatic rings. The molecule has 0 amide bonds. The van der Waals surface area contributed by atoms with E-state index in [4.69, 9.17) is 5.73 Å². The first kappa shape index (κ1) is 15.9. The van der Waals surface area contributed by atoms with Crippen LogP contribution in [0.1, 0.15) is 24.5 Å². The van der Waals surface area contributed by atoms with Gasteiger partial charge in [-0.1, -0.05) is 6.07 Å². The number of hydrogen-bond donors (Lipinski definition) is 2. The molecule has 0 bridgehead atoms. The average molecular weight is 286 g/mol. The van der Waals surface area contributed by atoms with Crippen molar-refractivity contribution in [3.8, 4) is 0 Å². The van der Waals surface area contributed by atoms with Crippen molar-refractivity contribution in [3.63, 3.8) is 0 Å². The van der Waals surface area contributed by atoms with E-state index in [0.717, 1.165) is 5.56 Å². The number of aliphatic hydroxyl groups is 1. The minimum absolute atomic E-state index is 0.167. The van der Waals surface area contributed by atoms with Crippen LogP contribution in [-0.4, -0.2) is 37.5 Å². The van der Waals surface area contributed by atoms with Crippen LogP contribution < -0.4 is 5.73 Å². The van der Waals surface area contributed by atoms with Crippen LogP contribution in [0, 0.1) is 13.8 Å². The molecule has 1 atom stereocenters. The van der Waals surface area contributed by atoms with Crippen LogP contribution in [0.3, 0.4) is 0 Å². The van der Waals surface area contributed by atoms with Gasteiger partial charge in [0, 0.05) is 13.6 Å². The van der Waals surface area contributed by atoms with Gasteiger partial charge >= 0.3 is 0 Å². The minimum Gasteiger partial charge on any atom is -0.398 e. The Morgan fingerprint density at radius 3 is 2.47 bits per heavy atom. The van der Waals surface area contributed by atoms with Gasteiger partial charge in [-0.15, -0.1) is 0 Å². The Kier molecular flexibility index (Phi) is 4.95. The first-order valence-electron chi connectivity index (χ1n) is 6.18. The zero-order chi connectivity index (χ0) is 14.8. The normalized spacial score (nSPS) is 13.8. The van der Waals surface area contributed by atoms with Crippen molar-refractivity contribution in [2.24, 2.45) is 0 Å². The molecular weight excluding hydrogens is 264 g/mol. The van der Waals surface area contributed by atoms with Gasteiger partial charge in [-0.2, -0.15) is 0 Å². The molecule has 6 heteroatoms. The van der Waals surface area contributed by atoms with Crippen molar-refractivity contribution in [1.82, 2.24) is 4.31 Å². The molecule has 0 heterocycles. The lowest BCUT2D eigenvalue weighted by Crippen LogP contribution is -2.30. The molecule has 19 heavy (non-hydrogen) atoms. The Labute approximate surface area is 115 Å². The number of aliphatic hydroxyl groups excluding tert-OH is 1. The highest BCUT2D eigenvalue weighted by atomic mass is 32.2. The summed E-state index contributed by atoms with van der Waals surface area (Å²) in [5.41, 5.74) is 7.63. The van der Waals surface area contributed by atoms with Crippen LogP contribution >= 0.6 is 0 Å². The smallest absolute Gasteiger partial charge is 0.245 e. The second kappa shape index (κ2) is 5.90. The van der Waals surface area contributed by atoms with Crippen LogP contribution in [-0.2, 0) is 10.0 Å². The van der Waals surface area contributed by atoms with Gasteiger partial charge in [0.25, 0.3) is 0 Å². The molecule has 0 aromatic heterocycles. The quantitative estimate of drug-likeness (QED) is 0.799. The lowest BCUT2D eigenvalue weighted by atomic mass is 10.1. The maximum absolute atomic E-state index is 12.5. The van der Waals surface area contributed by atoms with Crippen LogP contribution in [0.4, 0.5) is 5.69 Å². The molecule has 0 fully saturated rings. The monoisotopic (exact) mass is 286 g/mol. The second-order valence-corrected chi connectivity index (χ2v) is 6.87. The summed E-state index contributed by atoms with van der Waals surface area (Å²) < 4.78 is 26.2. The second-order valence-electron chi connectivity index (χ2n) is 4.89. The molecule has 0 aliphatic heterocycles. The Bertz CT molecular complexity index is 553. The van der Waals surface area contributed by atoms with Gasteiger partial charge in [-0.05, 0) is 44.4 Å². The van der Waals surface area contributed by atoms with Gasteiger partial charge in [0.05, 0.1) is 11.8 Å². The third-order valence-corrected chi connectivity index (χ3v) is 5.30. The number of hydrogen-bond acceptors (Lipinski definition) is 4. The number of aryl methyl sites for hydroxylation is 1. The topological polar surface area (TPSA) is 83.6 Å². The maximum atomic E-state index is 12.5. The number of nitrogens with two attached hydrogens (primary N) is 1. The van der Waals surface area contributed by atoms with E-state index < -0.39 is 16.1 Å². The third-order valence-electron chi connectivity index (χ3n) is 3.24. The molecule has 0 aliphatic carbocycles. The average Bonchev–Trinajstić information content (AvgIpc) is 2.30. The van der Waals surface area contributed by atoms with E-state index in [1.165, 1.54) is 11.4 Å². The zero-order valence-corrected chi connectivity index (χ0v) is 12.7. The van der Waals surface area contributed by atoms with E-state index in [-0.39, 0.29) is 17.1 Å². The van der Waals surface area contributed by atoms with Crippen LogP contribution in [0.5, 0.6) is 0 Å². The molecule has 0 saturated heterocycles. The van der Waals surface area contributed by atoms with Crippen LogP contribution in [0.25, 0.3) is 0 Å². The van der Waals surface area contributed by atoms with E-state index in [1.807, 2.05) is 6.92 Å². The highest BCUT2D eigenvalue weighted by Crippen LogP contribution is 2.27. The number of nitrogens with zero attached hydrogens (tertiary/aromatic N) is 1. The molecule has 108 valence electrons. The summed E-state index contributed by atoms with van der Waals surface area (Å²) in [6.07, 6.45) is -0.144. The number of sulfonamides is 1. The summed E-state index contributed by atoms with van der Waals surface area (Å²) in [5.74, 6) is 0. The fraction of sp³-hybridized carbons (Fsp3) is 0.538. The molecule has 3 N–H and O–H groups in total. The van der Waals surface area contributed by atoms with Crippen molar-refractivity contribution in [1.29, 1.82) is 0 Å². The molecule has 0 saturated carbocycles. The summed E-state index contributed by atoms with van der Waals surface area (Å²) in [5, 5.41) is 9.24. The molecule has 0 radical (unpaired) electrons. The Balaban J connectivity index is 3.17. The SMILES string of the molecule is Cc1ccc(N)c(S(=O)(=O)N(C)CCC(C)O)c1C. The first-order valence-corrected chi connectivity index (χ1v) is 7.62. The van der Waals surface area contributed by atoms with Gasteiger partial charge in [-0.3, -0.25) is 0 Å². The van der Waals surface area contributed by atoms with Gasteiger partial charge in [-0.25, -0.2) is 12.7 Å². The van der Waals surface area contributed by atoms with Crippen LogP contribution in [0.2, 0.25) is 0 Å². The highest BCUT2D eigenvalue weighted by Gasteiger charge is 2.25. The zero-order valence-electron chi connectivity index (χ0n) is 11.8. The summed E-state index contributed by atoms with van der Waals surface area (Å²) in [7, 11) is -2.12. The number of rotatable bonds is 5. The number of nitrogen functional groups attached to an aromatic ring is 1. The van der Waals surface area contributed by atoms with E-state index in [0.29, 0.717) is 12.0 Å². The maximum Gasteiger partial charge on any atom is 0.245 e. The Morgan fingerprint density at radius 2 is 1.95 bits per heavy atom. The largest absolute Gasteiger partial charge is 0.398 e.